The zero-order chi connectivity index (χ0) is 19.2. The molecule has 2 aromatic rings. The molecule has 0 aliphatic heterocycles. The van der Waals surface area contributed by atoms with E-state index in [1.165, 1.54) is 30.3 Å². The van der Waals surface area contributed by atoms with Crippen molar-refractivity contribution in [3.8, 4) is 5.75 Å². The van der Waals surface area contributed by atoms with E-state index in [-0.39, 0.29) is 11.3 Å². The van der Waals surface area contributed by atoms with E-state index in [0.717, 1.165) is 0 Å². The number of hydrogen-bond donors (Lipinski definition) is 1. The van der Waals surface area contributed by atoms with Crippen molar-refractivity contribution < 1.29 is 22.8 Å². The molecule has 9 heteroatoms. The van der Waals surface area contributed by atoms with E-state index in [9.17, 15) is 9.18 Å². The summed E-state index contributed by atoms with van der Waals surface area (Å²) in [5, 5.41) is 2.93. The minimum Gasteiger partial charge on any atom is -0.423 e. The molecular formula is C17H18ClFNO4PS. The van der Waals surface area contributed by atoms with Crippen LogP contribution >= 0.6 is 18.3 Å². The Morgan fingerprint density at radius 3 is 2.50 bits per heavy atom. The minimum atomic E-state index is -3.06. The molecule has 1 amide bonds. The molecule has 0 aromatic heterocycles. The second-order valence-electron chi connectivity index (χ2n) is 4.98. The Morgan fingerprint density at radius 1 is 1.19 bits per heavy atom. The average molecular weight is 418 g/mol. The van der Waals surface area contributed by atoms with Crippen molar-refractivity contribution in [2.24, 2.45) is 0 Å². The monoisotopic (exact) mass is 417 g/mol. The van der Waals surface area contributed by atoms with Crippen molar-refractivity contribution in [1.82, 2.24) is 0 Å². The first-order chi connectivity index (χ1) is 12.4. The molecule has 0 saturated heterocycles. The van der Waals surface area contributed by atoms with E-state index in [2.05, 4.69) is 5.32 Å². The van der Waals surface area contributed by atoms with Gasteiger partial charge in [-0.05, 0) is 50.2 Å². The molecule has 2 aromatic carbocycles. The van der Waals surface area contributed by atoms with Crippen LogP contribution in [0.2, 0.25) is 5.02 Å². The second kappa shape index (κ2) is 9.44. The first-order valence-corrected chi connectivity index (χ1v) is 10.8. The third-order valence-electron chi connectivity index (χ3n) is 3.05. The number of carbonyl (C=O) groups excluding carboxylic acids is 1. The van der Waals surface area contributed by atoms with Gasteiger partial charge in [0.25, 0.3) is 5.91 Å². The number of benzene rings is 2. The Kier molecular flexibility index (Phi) is 7.55. The zero-order valence-corrected chi connectivity index (χ0v) is 16.7. The number of anilines is 1. The summed E-state index contributed by atoms with van der Waals surface area (Å²) in [7, 11) is 0. The molecule has 0 aliphatic carbocycles. The lowest BCUT2D eigenvalue weighted by Gasteiger charge is -2.22. The predicted octanol–water partition coefficient (Wildman–Crippen LogP) is 5.41. The molecule has 0 bridgehead atoms. The fourth-order valence-corrected chi connectivity index (χ4v) is 4.31. The molecule has 140 valence electrons. The minimum absolute atomic E-state index is 0.135. The molecule has 0 aliphatic rings. The highest BCUT2D eigenvalue weighted by atomic mass is 35.5. The fraction of sp³-hybridized carbons (Fsp3) is 0.235. The Balaban J connectivity index is 2.31. The molecule has 26 heavy (non-hydrogen) atoms. The first kappa shape index (κ1) is 20.8. The molecule has 1 N–H and O–H groups in total. The number of nitrogens with one attached hydrogen (secondary N) is 1. The van der Waals surface area contributed by atoms with Gasteiger partial charge in [-0.1, -0.05) is 17.7 Å². The van der Waals surface area contributed by atoms with Crippen molar-refractivity contribution in [2.75, 3.05) is 18.5 Å². The van der Waals surface area contributed by atoms with E-state index in [0.29, 0.717) is 23.9 Å². The molecule has 0 heterocycles. The maximum atomic E-state index is 13.3. The lowest BCUT2D eigenvalue weighted by molar-refractivity contribution is 0.102. The Labute approximate surface area is 161 Å². The molecule has 5 nitrogen and oxygen atoms in total. The summed E-state index contributed by atoms with van der Waals surface area (Å²) in [5.41, 5.74) is 0.436. The van der Waals surface area contributed by atoms with Crippen LogP contribution < -0.4 is 9.84 Å². The van der Waals surface area contributed by atoms with Crippen molar-refractivity contribution in [3.05, 3.63) is 58.9 Å². The molecule has 2 rings (SSSR count). The first-order valence-electron chi connectivity index (χ1n) is 7.82. The van der Waals surface area contributed by atoms with Crippen molar-refractivity contribution in [1.29, 1.82) is 0 Å². The maximum absolute atomic E-state index is 13.3. The summed E-state index contributed by atoms with van der Waals surface area (Å²) < 4.78 is 29.9. The summed E-state index contributed by atoms with van der Waals surface area (Å²) >= 11 is 11.3. The molecule has 0 unspecified atom stereocenters. The van der Waals surface area contributed by atoms with E-state index in [1.54, 1.807) is 26.0 Å². The SMILES string of the molecule is CCOP(=S)(OCC)Oc1ccc(Cl)cc1C(=O)Nc1cccc(F)c1. The number of carbonyl (C=O) groups is 1. The quantitative estimate of drug-likeness (QED) is 0.582. The molecule has 0 atom stereocenters. The highest BCUT2D eigenvalue weighted by molar-refractivity contribution is 8.07. The van der Waals surface area contributed by atoms with Gasteiger partial charge in [-0.3, -0.25) is 13.8 Å². The van der Waals surface area contributed by atoms with Gasteiger partial charge in [0.05, 0.1) is 18.8 Å². The Hall–Kier alpha value is -1.50. The highest BCUT2D eigenvalue weighted by Crippen LogP contribution is 2.50. The van der Waals surface area contributed by atoms with Crippen LogP contribution in [0.5, 0.6) is 5.75 Å². The lowest BCUT2D eigenvalue weighted by Crippen LogP contribution is -2.14. The van der Waals surface area contributed by atoms with Crippen LogP contribution in [0.4, 0.5) is 10.1 Å². The number of hydrogen-bond acceptors (Lipinski definition) is 5. The van der Waals surface area contributed by atoms with Crippen molar-refractivity contribution in [3.63, 3.8) is 0 Å². The summed E-state index contributed by atoms with van der Waals surface area (Å²) in [6.45, 7) is 1.07. The number of amides is 1. The van der Waals surface area contributed by atoms with Crippen LogP contribution in [-0.4, -0.2) is 19.1 Å². The largest absolute Gasteiger partial charge is 0.423 e. The molecule has 0 spiro atoms. The highest BCUT2D eigenvalue weighted by Gasteiger charge is 2.25. The zero-order valence-electron chi connectivity index (χ0n) is 14.2. The van der Waals surface area contributed by atoms with E-state index < -0.39 is 18.4 Å². The summed E-state index contributed by atoms with van der Waals surface area (Å²) in [6, 6.07) is 10.1. The van der Waals surface area contributed by atoms with E-state index >= 15 is 0 Å². The van der Waals surface area contributed by atoms with Gasteiger partial charge in [-0.2, -0.15) is 0 Å². The van der Waals surface area contributed by atoms with E-state index in [1.807, 2.05) is 0 Å². The molecule has 0 radical (unpaired) electrons. The number of halogens is 2. The van der Waals surface area contributed by atoms with Crippen LogP contribution in [0.25, 0.3) is 0 Å². The van der Waals surface area contributed by atoms with Gasteiger partial charge >= 0.3 is 6.72 Å². The van der Waals surface area contributed by atoms with Gasteiger partial charge in [0.1, 0.15) is 11.6 Å². The smallest absolute Gasteiger partial charge is 0.380 e. The van der Waals surface area contributed by atoms with Crippen molar-refractivity contribution in [2.45, 2.75) is 13.8 Å². The Morgan fingerprint density at radius 2 is 1.88 bits per heavy atom. The third kappa shape index (κ3) is 5.76. The van der Waals surface area contributed by atoms with Crippen molar-refractivity contribution >= 4 is 41.7 Å². The van der Waals surface area contributed by atoms with Crippen LogP contribution in [0.15, 0.2) is 42.5 Å². The summed E-state index contributed by atoms with van der Waals surface area (Å²) in [4.78, 5) is 12.6. The predicted molar refractivity (Wildman–Crippen MR) is 104 cm³/mol. The summed E-state index contributed by atoms with van der Waals surface area (Å²) in [6.07, 6.45) is 0. The van der Waals surface area contributed by atoms with Gasteiger partial charge in [0.2, 0.25) is 0 Å². The molecule has 0 fully saturated rings. The van der Waals surface area contributed by atoms with Crippen LogP contribution in [-0.2, 0) is 20.9 Å². The van der Waals surface area contributed by atoms with Gasteiger partial charge in [-0.15, -0.1) is 0 Å². The topological polar surface area (TPSA) is 56.8 Å². The molecular weight excluding hydrogens is 400 g/mol. The van der Waals surface area contributed by atoms with Crippen LogP contribution in [0.1, 0.15) is 24.2 Å². The maximum Gasteiger partial charge on any atom is 0.380 e. The van der Waals surface area contributed by atoms with E-state index in [4.69, 9.17) is 37.0 Å². The van der Waals surface area contributed by atoms with Gasteiger partial charge < -0.3 is 9.84 Å². The normalized spacial score (nSPS) is 11.2. The van der Waals surface area contributed by atoms with Gasteiger partial charge in [0.15, 0.2) is 0 Å². The van der Waals surface area contributed by atoms with Gasteiger partial charge in [0, 0.05) is 22.5 Å². The second-order valence-corrected chi connectivity index (χ2v) is 8.35. The van der Waals surface area contributed by atoms with Gasteiger partial charge in [-0.25, -0.2) is 4.39 Å². The fourth-order valence-electron chi connectivity index (χ4n) is 2.05. The molecule has 0 saturated carbocycles. The number of rotatable bonds is 8. The van der Waals surface area contributed by atoms with Crippen LogP contribution in [0, 0.1) is 5.82 Å². The Bertz CT molecular complexity index is 826. The average Bonchev–Trinajstić information content (AvgIpc) is 2.57. The summed E-state index contributed by atoms with van der Waals surface area (Å²) in [5.74, 6) is -0.815. The standard InChI is InChI=1S/C17H18ClFNO4PS/c1-3-22-25(26,23-4-2)24-16-9-8-12(18)10-15(16)17(21)20-14-7-5-6-13(19)11-14/h5-11H,3-4H2,1-2H3,(H,20,21). The van der Waals surface area contributed by atoms with Crippen LogP contribution in [0.3, 0.4) is 0 Å². The third-order valence-corrected chi connectivity index (χ3v) is 5.71. The lowest BCUT2D eigenvalue weighted by atomic mass is 10.2.